The molecule has 1 saturated heterocycles. The van der Waals surface area contributed by atoms with Crippen LogP contribution in [0.1, 0.15) is 40.2 Å². The van der Waals surface area contributed by atoms with E-state index in [-0.39, 0.29) is 23.9 Å². The number of anilines is 1. The molecule has 3 aromatic carbocycles. The van der Waals surface area contributed by atoms with Crippen LogP contribution < -0.4 is 9.62 Å². The Morgan fingerprint density at radius 1 is 1.15 bits per heavy atom. The van der Waals surface area contributed by atoms with E-state index >= 15 is 0 Å². The van der Waals surface area contributed by atoms with Crippen molar-refractivity contribution in [2.45, 2.75) is 24.5 Å². The van der Waals surface area contributed by atoms with Crippen LogP contribution in [-0.2, 0) is 15.8 Å². The lowest BCUT2D eigenvalue weighted by Gasteiger charge is -2.34. The molecular weight excluding hydrogens is 568 g/mol. The number of piperidine rings is 1. The number of amides is 1. The van der Waals surface area contributed by atoms with Crippen molar-refractivity contribution in [2.75, 3.05) is 37.7 Å². The van der Waals surface area contributed by atoms with Gasteiger partial charge in [-0.3, -0.25) is 4.79 Å². The van der Waals surface area contributed by atoms with Gasteiger partial charge in [0.25, 0.3) is 5.91 Å². The van der Waals surface area contributed by atoms with E-state index in [1.807, 2.05) is 29.7 Å². The fraction of sp³-hybridized carbons (Fsp3) is 0.300. The Hall–Kier alpha value is -3.41. The molecule has 0 radical (unpaired) electrons. The van der Waals surface area contributed by atoms with Crippen LogP contribution in [0.5, 0.6) is 0 Å². The number of halogens is 2. The summed E-state index contributed by atoms with van der Waals surface area (Å²) in [4.78, 5) is 13.1. The zero-order valence-electron chi connectivity index (χ0n) is 23.0. The van der Waals surface area contributed by atoms with Crippen LogP contribution in [0, 0.1) is 11.6 Å². The summed E-state index contributed by atoms with van der Waals surface area (Å²) in [6.07, 6.45) is 3.31. The molecule has 1 aliphatic heterocycles. The Balaban J connectivity index is 1.59. The zero-order chi connectivity index (χ0) is 29.3. The number of carbonyl (C=O) groups excluding carboxylic acids is 1. The molecule has 7 nitrogen and oxygen atoms in total. The van der Waals surface area contributed by atoms with E-state index < -0.39 is 27.4 Å². The molecule has 1 amide bonds. The van der Waals surface area contributed by atoms with Crippen LogP contribution in [-0.4, -0.2) is 52.1 Å². The van der Waals surface area contributed by atoms with Crippen LogP contribution in [0.15, 0.2) is 65.1 Å². The highest BCUT2D eigenvalue weighted by Crippen LogP contribution is 2.42. The lowest BCUT2D eigenvalue weighted by Crippen LogP contribution is -2.40. The molecule has 1 aromatic heterocycles. The molecule has 1 N–H and O–H groups in total. The van der Waals surface area contributed by atoms with E-state index in [4.69, 9.17) is 4.42 Å². The van der Waals surface area contributed by atoms with Gasteiger partial charge in [-0.25, -0.2) is 21.5 Å². The molecule has 1 atom stereocenters. The van der Waals surface area contributed by atoms with Gasteiger partial charge in [-0.15, -0.1) is 0 Å². The Morgan fingerprint density at radius 2 is 1.88 bits per heavy atom. The second-order valence-corrected chi connectivity index (χ2v) is 12.9. The molecule has 216 valence electrons. The third-order valence-electron chi connectivity index (χ3n) is 7.52. The molecule has 0 aliphatic carbocycles. The maximum absolute atomic E-state index is 14.3. The van der Waals surface area contributed by atoms with Gasteiger partial charge in [0, 0.05) is 56.0 Å². The summed E-state index contributed by atoms with van der Waals surface area (Å²) in [5, 5.41) is 3.26. The molecule has 5 rings (SSSR count). The Labute approximate surface area is 242 Å². The topological polar surface area (TPSA) is 82.9 Å². The Morgan fingerprint density at radius 3 is 2.56 bits per heavy atom. The number of nitrogens with zero attached hydrogens (tertiary/aromatic N) is 2. The van der Waals surface area contributed by atoms with Crippen LogP contribution in [0.4, 0.5) is 14.5 Å². The molecule has 1 unspecified atom stereocenters. The minimum absolute atomic E-state index is 0.140. The predicted octanol–water partition coefficient (Wildman–Crippen LogP) is 6.16. The molecular formula is C30H31F2N3O4S2. The van der Waals surface area contributed by atoms with Gasteiger partial charge in [0.1, 0.15) is 23.0 Å². The van der Waals surface area contributed by atoms with E-state index in [1.54, 1.807) is 18.2 Å². The SMILES string of the molecule is CNC(=O)c1c(-c2ccc(F)cc2)oc2cc(N(C)SC)c(C3CCCN(S(=O)(=O)Cc4ccccc4F)C3)cc12. The van der Waals surface area contributed by atoms with Crippen LogP contribution in [0.25, 0.3) is 22.3 Å². The first-order chi connectivity index (χ1) is 19.6. The van der Waals surface area contributed by atoms with Gasteiger partial charge in [-0.05, 0) is 60.7 Å². The van der Waals surface area contributed by atoms with E-state index in [0.717, 1.165) is 17.7 Å². The fourth-order valence-electron chi connectivity index (χ4n) is 5.35. The van der Waals surface area contributed by atoms with Gasteiger partial charge in [0.05, 0.1) is 17.0 Å². The number of furan rings is 1. The predicted molar refractivity (Wildman–Crippen MR) is 159 cm³/mol. The first-order valence-corrected chi connectivity index (χ1v) is 16.0. The molecule has 0 bridgehead atoms. The zero-order valence-corrected chi connectivity index (χ0v) is 24.6. The maximum Gasteiger partial charge on any atom is 0.255 e. The van der Waals surface area contributed by atoms with Crippen molar-refractivity contribution in [3.05, 3.63) is 89.0 Å². The highest BCUT2D eigenvalue weighted by molar-refractivity contribution is 7.99. The Kier molecular flexibility index (Phi) is 8.40. The molecule has 11 heteroatoms. The summed E-state index contributed by atoms with van der Waals surface area (Å²) in [5.74, 6) is -1.55. The van der Waals surface area contributed by atoms with Gasteiger partial charge in [0.2, 0.25) is 10.0 Å². The summed E-state index contributed by atoms with van der Waals surface area (Å²) in [6, 6.07) is 15.5. The quantitative estimate of drug-likeness (QED) is 0.244. The number of hydrogen-bond acceptors (Lipinski definition) is 6. The minimum Gasteiger partial charge on any atom is -0.455 e. The smallest absolute Gasteiger partial charge is 0.255 e. The molecule has 41 heavy (non-hydrogen) atoms. The second kappa shape index (κ2) is 11.8. The van der Waals surface area contributed by atoms with E-state index in [2.05, 4.69) is 5.32 Å². The molecule has 1 aliphatic rings. The first kappa shape index (κ1) is 29.1. The van der Waals surface area contributed by atoms with Crippen LogP contribution >= 0.6 is 11.9 Å². The van der Waals surface area contributed by atoms with Crippen molar-refractivity contribution in [3.63, 3.8) is 0 Å². The monoisotopic (exact) mass is 599 g/mol. The number of rotatable bonds is 8. The molecule has 0 saturated carbocycles. The molecule has 4 aromatic rings. The van der Waals surface area contributed by atoms with E-state index in [1.165, 1.54) is 53.6 Å². The second-order valence-electron chi connectivity index (χ2n) is 10.0. The first-order valence-electron chi connectivity index (χ1n) is 13.2. The summed E-state index contributed by atoms with van der Waals surface area (Å²) >= 11 is 1.49. The average molecular weight is 600 g/mol. The molecule has 2 heterocycles. The van der Waals surface area contributed by atoms with Gasteiger partial charge < -0.3 is 14.0 Å². The summed E-state index contributed by atoms with van der Waals surface area (Å²) in [7, 11) is -0.336. The van der Waals surface area contributed by atoms with Gasteiger partial charge in [-0.2, -0.15) is 0 Å². The summed E-state index contributed by atoms with van der Waals surface area (Å²) in [6.45, 7) is 0.586. The van der Waals surface area contributed by atoms with Gasteiger partial charge in [0.15, 0.2) is 0 Å². The lowest BCUT2D eigenvalue weighted by molar-refractivity contribution is 0.0964. The highest BCUT2D eigenvalue weighted by atomic mass is 32.2. The summed E-state index contributed by atoms with van der Waals surface area (Å²) < 4.78 is 64.3. The molecule has 0 spiro atoms. The number of sulfonamides is 1. The van der Waals surface area contributed by atoms with Crippen molar-refractivity contribution >= 4 is 44.5 Å². The minimum atomic E-state index is -3.78. The van der Waals surface area contributed by atoms with Crippen molar-refractivity contribution in [1.29, 1.82) is 0 Å². The third kappa shape index (κ3) is 5.84. The third-order valence-corrected chi connectivity index (χ3v) is 10.1. The largest absolute Gasteiger partial charge is 0.455 e. The number of fused-ring (bicyclic) bond motifs is 1. The Bertz CT molecular complexity index is 1690. The van der Waals surface area contributed by atoms with E-state index in [0.29, 0.717) is 40.8 Å². The van der Waals surface area contributed by atoms with Gasteiger partial charge in [-0.1, -0.05) is 30.1 Å². The normalized spacial score (nSPS) is 16.2. The fourth-order valence-corrected chi connectivity index (χ4v) is 7.33. The van der Waals surface area contributed by atoms with Crippen molar-refractivity contribution in [3.8, 4) is 11.3 Å². The average Bonchev–Trinajstić information content (AvgIpc) is 3.35. The number of carbonyl (C=O) groups is 1. The summed E-state index contributed by atoms with van der Waals surface area (Å²) in [5.41, 5.74) is 3.24. The number of hydrogen-bond donors (Lipinski definition) is 1. The maximum atomic E-state index is 14.3. The van der Waals surface area contributed by atoms with Crippen molar-refractivity contribution < 1.29 is 26.4 Å². The van der Waals surface area contributed by atoms with Crippen molar-refractivity contribution in [2.24, 2.45) is 0 Å². The number of nitrogens with one attached hydrogen (secondary N) is 1. The van der Waals surface area contributed by atoms with Crippen molar-refractivity contribution in [1.82, 2.24) is 9.62 Å². The number of benzene rings is 3. The lowest BCUT2D eigenvalue weighted by atomic mass is 9.89. The highest BCUT2D eigenvalue weighted by Gasteiger charge is 2.33. The molecule has 1 fully saturated rings. The van der Waals surface area contributed by atoms with Crippen LogP contribution in [0.3, 0.4) is 0 Å². The van der Waals surface area contributed by atoms with Crippen LogP contribution in [0.2, 0.25) is 0 Å². The standard InChI is InChI=1S/C30H31F2N3O4S2/c1-33-30(36)28-24-15-23(20-8-6-14-35(17-20)41(37,38)18-21-7-4-5-9-25(21)32)26(34(2)40-3)16-27(24)39-29(28)19-10-12-22(31)13-11-19/h4-5,7,9-13,15-16,20H,6,8,14,17-18H2,1-3H3,(H,33,36). The van der Waals surface area contributed by atoms with Gasteiger partial charge >= 0.3 is 0 Å². The van der Waals surface area contributed by atoms with E-state index in [9.17, 15) is 22.0 Å².